The van der Waals surface area contributed by atoms with Crippen LogP contribution < -0.4 is 4.90 Å². The summed E-state index contributed by atoms with van der Waals surface area (Å²) in [6.45, 7) is 7.88. The Hall–Kier alpha value is -1.39. The molecule has 27 heavy (non-hydrogen) atoms. The van der Waals surface area contributed by atoms with Crippen molar-refractivity contribution in [3.8, 4) is 0 Å². The van der Waals surface area contributed by atoms with Gasteiger partial charge in [-0.25, -0.2) is 0 Å². The average molecular weight is 371 g/mol. The van der Waals surface area contributed by atoms with E-state index in [4.69, 9.17) is 0 Å². The monoisotopic (exact) mass is 370 g/mol. The van der Waals surface area contributed by atoms with Gasteiger partial charge in [0.2, 0.25) is 5.91 Å². The van der Waals surface area contributed by atoms with E-state index in [1.165, 1.54) is 63.7 Å². The third kappa shape index (κ3) is 4.91. The predicted octanol–water partition coefficient (Wildman–Crippen LogP) is 1.96. The minimum atomic E-state index is 0.256. The number of hydrogen-bond donors (Lipinski definition) is 1. The molecule has 0 aromatic heterocycles. The molecule has 1 amide bonds. The van der Waals surface area contributed by atoms with E-state index in [0.29, 0.717) is 11.9 Å². The summed E-state index contributed by atoms with van der Waals surface area (Å²) >= 11 is 0. The average Bonchev–Trinajstić information content (AvgIpc) is 2.75. The fourth-order valence-electron chi connectivity index (χ4n) is 5.35. The Morgan fingerprint density at radius 2 is 1.67 bits per heavy atom. The highest BCUT2D eigenvalue weighted by Crippen LogP contribution is 2.24. The van der Waals surface area contributed by atoms with Crippen LogP contribution in [-0.2, 0) is 11.3 Å². The molecule has 0 spiro atoms. The summed E-state index contributed by atoms with van der Waals surface area (Å²) in [4.78, 5) is 19.5. The Morgan fingerprint density at radius 1 is 0.926 bits per heavy atom. The fraction of sp³-hybridized carbons (Fsp3) is 0.696. The molecule has 4 nitrogen and oxygen atoms in total. The zero-order chi connectivity index (χ0) is 18.5. The Balaban J connectivity index is 1.26. The van der Waals surface area contributed by atoms with Gasteiger partial charge in [0.1, 0.15) is 6.54 Å². The number of carbonyl (C=O) groups excluding carboxylic acids is 1. The van der Waals surface area contributed by atoms with E-state index in [1.807, 2.05) is 0 Å². The van der Waals surface area contributed by atoms with Crippen LogP contribution in [0.1, 0.15) is 50.5 Å². The Bertz CT molecular complexity index is 591. The molecule has 4 rings (SSSR count). The summed E-state index contributed by atoms with van der Waals surface area (Å²) in [6, 6.07) is 11.6. The third-order valence-electron chi connectivity index (χ3n) is 6.95. The molecule has 0 bridgehead atoms. The number of rotatable bonds is 4. The highest BCUT2D eigenvalue weighted by molar-refractivity contribution is 5.79. The number of likely N-dealkylation sites (tertiary alicyclic amines) is 3. The third-order valence-corrected chi connectivity index (χ3v) is 6.95. The molecule has 3 aliphatic rings. The van der Waals surface area contributed by atoms with Gasteiger partial charge < -0.3 is 9.80 Å². The van der Waals surface area contributed by atoms with E-state index in [0.717, 1.165) is 32.6 Å². The van der Waals surface area contributed by atoms with E-state index >= 15 is 0 Å². The topological polar surface area (TPSA) is 28.0 Å². The number of benzene rings is 1. The van der Waals surface area contributed by atoms with Gasteiger partial charge in [-0.15, -0.1) is 0 Å². The lowest BCUT2D eigenvalue weighted by Gasteiger charge is -2.42. The smallest absolute Gasteiger partial charge is 0.226 e. The maximum atomic E-state index is 12.9. The summed E-state index contributed by atoms with van der Waals surface area (Å²) in [5, 5.41) is 0. The van der Waals surface area contributed by atoms with Crippen LogP contribution in [0, 0.1) is 5.92 Å². The van der Waals surface area contributed by atoms with Gasteiger partial charge in [-0.2, -0.15) is 0 Å². The standard InChI is InChI=1S/C23H35N3O/c27-23(25-13-5-2-6-14-25)21-10-7-15-26(19-21)22-11-16-24(17-12-22)18-20-8-3-1-4-9-20/h1,3-4,8-9,21-22H,2,5-7,10-19H2/p+1. The lowest BCUT2D eigenvalue weighted by Crippen LogP contribution is -3.12. The molecule has 3 fully saturated rings. The van der Waals surface area contributed by atoms with Crippen molar-refractivity contribution in [2.24, 2.45) is 5.92 Å². The second-order valence-corrected chi connectivity index (χ2v) is 8.86. The Morgan fingerprint density at radius 3 is 2.41 bits per heavy atom. The fourth-order valence-corrected chi connectivity index (χ4v) is 5.35. The normalized spacial score (nSPS) is 30.2. The number of nitrogens with one attached hydrogen (secondary N) is 1. The molecule has 0 saturated carbocycles. The van der Waals surface area contributed by atoms with Crippen molar-refractivity contribution in [3.05, 3.63) is 35.9 Å². The molecule has 0 aliphatic carbocycles. The molecule has 3 saturated heterocycles. The van der Waals surface area contributed by atoms with Gasteiger partial charge in [0.05, 0.1) is 19.0 Å². The van der Waals surface area contributed by atoms with Crippen molar-refractivity contribution in [2.75, 3.05) is 39.3 Å². The summed E-state index contributed by atoms with van der Waals surface area (Å²) < 4.78 is 0. The number of piperidine rings is 3. The largest absolute Gasteiger partial charge is 0.342 e. The number of nitrogens with zero attached hydrogens (tertiary/aromatic N) is 2. The summed E-state index contributed by atoms with van der Waals surface area (Å²) in [6.07, 6.45) is 8.56. The van der Waals surface area contributed by atoms with Crippen LogP contribution in [0.25, 0.3) is 0 Å². The molecule has 3 heterocycles. The first-order valence-electron chi connectivity index (χ1n) is 11.2. The van der Waals surface area contributed by atoms with Gasteiger partial charge in [0.15, 0.2) is 0 Å². The van der Waals surface area contributed by atoms with Gasteiger partial charge in [0, 0.05) is 44.1 Å². The van der Waals surface area contributed by atoms with Crippen molar-refractivity contribution in [1.82, 2.24) is 9.80 Å². The van der Waals surface area contributed by atoms with Crippen LogP contribution in [0.15, 0.2) is 30.3 Å². The van der Waals surface area contributed by atoms with Crippen LogP contribution in [0.2, 0.25) is 0 Å². The van der Waals surface area contributed by atoms with Gasteiger partial charge in [-0.05, 0) is 38.6 Å². The molecule has 1 atom stereocenters. The number of hydrogen-bond acceptors (Lipinski definition) is 2. The molecule has 1 N–H and O–H groups in total. The van der Waals surface area contributed by atoms with Crippen molar-refractivity contribution in [2.45, 2.75) is 57.5 Å². The van der Waals surface area contributed by atoms with Gasteiger partial charge >= 0.3 is 0 Å². The summed E-state index contributed by atoms with van der Waals surface area (Å²) in [7, 11) is 0. The lowest BCUT2D eigenvalue weighted by molar-refractivity contribution is -0.919. The maximum Gasteiger partial charge on any atom is 0.226 e. The van der Waals surface area contributed by atoms with Crippen molar-refractivity contribution in [3.63, 3.8) is 0 Å². The first-order valence-corrected chi connectivity index (χ1v) is 11.2. The lowest BCUT2D eigenvalue weighted by atomic mass is 9.92. The van der Waals surface area contributed by atoms with Crippen LogP contribution in [0.3, 0.4) is 0 Å². The molecule has 1 aromatic rings. The quantitative estimate of drug-likeness (QED) is 0.878. The van der Waals surface area contributed by atoms with E-state index in [2.05, 4.69) is 40.1 Å². The highest BCUT2D eigenvalue weighted by atomic mass is 16.2. The van der Waals surface area contributed by atoms with Gasteiger partial charge in [0.25, 0.3) is 0 Å². The van der Waals surface area contributed by atoms with Crippen LogP contribution in [0.5, 0.6) is 0 Å². The molecule has 1 unspecified atom stereocenters. The van der Waals surface area contributed by atoms with Crippen LogP contribution >= 0.6 is 0 Å². The van der Waals surface area contributed by atoms with Crippen LogP contribution in [-0.4, -0.2) is 61.0 Å². The SMILES string of the molecule is O=C(C1CCCN(C2CC[NH+](Cc3ccccc3)CC2)C1)N1CCCCC1. The highest BCUT2D eigenvalue weighted by Gasteiger charge is 2.34. The van der Waals surface area contributed by atoms with Gasteiger partial charge in [-0.1, -0.05) is 30.3 Å². The van der Waals surface area contributed by atoms with E-state index in [9.17, 15) is 4.79 Å². The van der Waals surface area contributed by atoms with Crippen molar-refractivity contribution >= 4 is 5.91 Å². The number of amides is 1. The van der Waals surface area contributed by atoms with Gasteiger partial charge in [-0.3, -0.25) is 9.69 Å². The Kier molecular flexibility index (Phi) is 6.46. The first-order chi connectivity index (χ1) is 13.3. The first kappa shape index (κ1) is 18.9. The molecule has 3 aliphatic heterocycles. The van der Waals surface area contributed by atoms with E-state index < -0.39 is 0 Å². The molecular formula is C23H36N3O+. The molecule has 148 valence electrons. The molecular weight excluding hydrogens is 334 g/mol. The second kappa shape index (κ2) is 9.20. The van der Waals surface area contributed by atoms with Crippen molar-refractivity contribution < 1.29 is 9.69 Å². The van der Waals surface area contributed by atoms with E-state index in [1.54, 1.807) is 4.90 Å². The molecule has 4 heteroatoms. The summed E-state index contributed by atoms with van der Waals surface area (Å²) in [5.74, 6) is 0.707. The number of carbonyl (C=O) groups is 1. The van der Waals surface area contributed by atoms with E-state index in [-0.39, 0.29) is 5.92 Å². The Labute approximate surface area is 164 Å². The zero-order valence-corrected chi connectivity index (χ0v) is 16.7. The van der Waals surface area contributed by atoms with Crippen molar-refractivity contribution in [1.29, 1.82) is 0 Å². The molecule has 1 aromatic carbocycles. The zero-order valence-electron chi connectivity index (χ0n) is 16.7. The maximum absolute atomic E-state index is 12.9. The predicted molar refractivity (Wildman–Crippen MR) is 109 cm³/mol. The second-order valence-electron chi connectivity index (χ2n) is 8.86. The summed E-state index contributed by atoms with van der Waals surface area (Å²) in [5.41, 5.74) is 1.45. The molecule has 0 radical (unpaired) electrons. The minimum absolute atomic E-state index is 0.256. The minimum Gasteiger partial charge on any atom is -0.342 e. The van der Waals surface area contributed by atoms with Crippen LogP contribution in [0.4, 0.5) is 0 Å². The number of quaternary nitrogens is 1.